The zero-order chi connectivity index (χ0) is 21.6. The fraction of sp³-hybridized carbons (Fsp3) is 0.526. The zero-order valence-electron chi connectivity index (χ0n) is 16.3. The van der Waals surface area contributed by atoms with E-state index in [1.54, 1.807) is 6.92 Å². The number of amides is 2. The Morgan fingerprint density at radius 3 is 2.59 bits per heavy atom. The summed E-state index contributed by atoms with van der Waals surface area (Å²) >= 11 is 0. The fourth-order valence-electron chi connectivity index (χ4n) is 3.15. The van der Waals surface area contributed by atoms with Crippen molar-refractivity contribution in [1.82, 2.24) is 9.80 Å². The lowest BCUT2D eigenvalue weighted by Gasteiger charge is -2.35. The number of carbonyl (C=O) groups excluding carboxylic acids is 3. The number of hydrogen-bond acceptors (Lipinski definition) is 5. The summed E-state index contributed by atoms with van der Waals surface area (Å²) in [6.45, 7) is 1.89. The largest absolute Gasteiger partial charge is 0.464 e. The van der Waals surface area contributed by atoms with Gasteiger partial charge in [-0.2, -0.15) is 0 Å². The van der Waals surface area contributed by atoms with Gasteiger partial charge in [-0.15, -0.1) is 0 Å². The third-order valence-electron chi connectivity index (χ3n) is 4.51. The molecule has 1 aromatic carbocycles. The summed E-state index contributed by atoms with van der Waals surface area (Å²) in [4.78, 5) is 39.6. The molecule has 160 valence electrons. The van der Waals surface area contributed by atoms with Crippen LogP contribution >= 0.6 is 0 Å². The maximum absolute atomic E-state index is 13.6. The van der Waals surface area contributed by atoms with E-state index >= 15 is 0 Å². The van der Waals surface area contributed by atoms with E-state index in [1.165, 1.54) is 16.8 Å². The van der Waals surface area contributed by atoms with Crippen molar-refractivity contribution < 1.29 is 32.3 Å². The molecule has 2 rings (SSSR count). The predicted octanol–water partition coefficient (Wildman–Crippen LogP) is 1.92. The first-order valence-corrected chi connectivity index (χ1v) is 9.32. The van der Waals surface area contributed by atoms with Gasteiger partial charge in [0.15, 0.2) is 17.5 Å². The minimum atomic E-state index is -1.68. The summed E-state index contributed by atoms with van der Waals surface area (Å²) in [5, 5.41) is 2.14. The van der Waals surface area contributed by atoms with Crippen LogP contribution in [0.5, 0.6) is 0 Å². The Balaban J connectivity index is 1.92. The van der Waals surface area contributed by atoms with E-state index in [9.17, 15) is 27.6 Å². The van der Waals surface area contributed by atoms with Crippen LogP contribution in [0.1, 0.15) is 26.2 Å². The minimum Gasteiger partial charge on any atom is -0.464 e. The molecule has 0 bridgehead atoms. The molecule has 2 amide bonds. The van der Waals surface area contributed by atoms with Crippen LogP contribution in [0.25, 0.3) is 0 Å². The summed E-state index contributed by atoms with van der Waals surface area (Å²) < 4.78 is 44.9. The van der Waals surface area contributed by atoms with Crippen LogP contribution in [-0.2, 0) is 19.1 Å². The number of esters is 1. The molecule has 7 nitrogen and oxygen atoms in total. The molecular weight excluding hydrogens is 391 g/mol. The molecule has 0 saturated carbocycles. The number of anilines is 1. The van der Waals surface area contributed by atoms with Crippen molar-refractivity contribution in [3.63, 3.8) is 0 Å². The summed E-state index contributed by atoms with van der Waals surface area (Å²) in [5.41, 5.74) is -0.493. The molecule has 1 aromatic rings. The Kier molecular flexibility index (Phi) is 8.00. The first-order valence-electron chi connectivity index (χ1n) is 9.32. The third kappa shape index (κ3) is 5.93. The molecule has 1 aliphatic rings. The van der Waals surface area contributed by atoms with E-state index in [2.05, 4.69) is 5.32 Å². The molecule has 0 spiro atoms. The van der Waals surface area contributed by atoms with Gasteiger partial charge in [0.1, 0.15) is 6.04 Å². The molecule has 29 heavy (non-hydrogen) atoms. The Labute approximate surface area is 166 Å². The number of likely N-dealkylation sites (tertiary alicyclic amines) is 1. The molecule has 1 atom stereocenters. The van der Waals surface area contributed by atoms with Gasteiger partial charge in [-0.05, 0) is 45.4 Å². The van der Waals surface area contributed by atoms with E-state index in [1.807, 2.05) is 0 Å². The molecule has 1 heterocycles. The molecule has 0 radical (unpaired) electrons. The first kappa shape index (κ1) is 22.7. The van der Waals surface area contributed by atoms with Gasteiger partial charge in [-0.1, -0.05) is 0 Å². The van der Waals surface area contributed by atoms with E-state index in [0.29, 0.717) is 19.0 Å². The summed E-state index contributed by atoms with van der Waals surface area (Å²) in [6, 6.07) is 0.969. The van der Waals surface area contributed by atoms with Crippen LogP contribution in [0.4, 0.5) is 18.9 Å². The SMILES string of the molecule is CCOC(=O)[C@@H]1CCCCN1C(=O)CN(C)CC(=O)Nc1ccc(F)c(F)c1F. The number of hydrogen-bond donors (Lipinski definition) is 1. The van der Waals surface area contributed by atoms with E-state index in [0.717, 1.165) is 18.9 Å². The van der Waals surface area contributed by atoms with Crippen molar-refractivity contribution >= 4 is 23.5 Å². The number of likely N-dealkylation sites (N-methyl/N-ethyl adjacent to an activating group) is 1. The quantitative estimate of drug-likeness (QED) is 0.544. The molecule has 1 fully saturated rings. The Hall–Kier alpha value is -2.62. The van der Waals surface area contributed by atoms with E-state index < -0.39 is 41.1 Å². The monoisotopic (exact) mass is 415 g/mol. The molecule has 0 aliphatic carbocycles. The zero-order valence-corrected chi connectivity index (χ0v) is 16.3. The highest BCUT2D eigenvalue weighted by Crippen LogP contribution is 2.20. The van der Waals surface area contributed by atoms with Crippen LogP contribution in [-0.4, -0.2) is 66.9 Å². The smallest absolute Gasteiger partial charge is 0.328 e. The highest BCUT2D eigenvalue weighted by Gasteiger charge is 2.33. The lowest BCUT2D eigenvalue weighted by Crippen LogP contribution is -2.51. The molecule has 10 heteroatoms. The van der Waals surface area contributed by atoms with Gasteiger partial charge in [-0.3, -0.25) is 14.5 Å². The standard InChI is InChI=1S/C19H24F3N3O4/c1-3-29-19(28)14-6-4-5-9-25(14)16(27)11-24(2)10-15(26)23-13-8-7-12(20)17(21)18(13)22/h7-8,14H,3-6,9-11H2,1-2H3,(H,23,26)/t14-/m0/s1. The van der Waals surface area contributed by atoms with Gasteiger partial charge >= 0.3 is 5.97 Å². The summed E-state index contributed by atoms with van der Waals surface area (Å²) in [6.07, 6.45) is 2.09. The third-order valence-corrected chi connectivity index (χ3v) is 4.51. The predicted molar refractivity (Wildman–Crippen MR) is 98.4 cm³/mol. The van der Waals surface area contributed by atoms with Crippen molar-refractivity contribution in [1.29, 1.82) is 0 Å². The number of piperidine rings is 1. The van der Waals surface area contributed by atoms with Crippen molar-refractivity contribution in [2.24, 2.45) is 0 Å². The summed E-state index contributed by atoms with van der Waals surface area (Å²) in [7, 11) is 1.50. The average molecular weight is 415 g/mol. The second-order valence-electron chi connectivity index (χ2n) is 6.79. The van der Waals surface area contributed by atoms with E-state index in [-0.39, 0.29) is 25.6 Å². The maximum atomic E-state index is 13.6. The van der Waals surface area contributed by atoms with Gasteiger partial charge < -0.3 is 15.0 Å². The van der Waals surface area contributed by atoms with Crippen molar-refractivity contribution in [3.8, 4) is 0 Å². The van der Waals surface area contributed by atoms with Gasteiger partial charge in [0, 0.05) is 6.54 Å². The highest BCUT2D eigenvalue weighted by molar-refractivity contribution is 5.93. The Bertz CT molecular complexity index is 775. The number of halogens is 3. The average Bonchev–Trinajstić information content (AvgIpc) is 2.68. The van der Waals surface area contributed by atoms with Gasteiger partial charge in [0.2, 0.25) is 11.8 Å². The molecule has 1 aliphatic heterocycles. The molecule has 0 unspecified atom stereocenters. The number of benzene rings is 1. The van der Waals surface area contributed by atoms with Crippen molar-refractivity contribution in [3.05, 3.63) is 29.6 Å². The van der Waals surface area contributed by atoms with Gasteiger partial charge in [-0.25, -0.2) is 18.0 Å². The molecule has 0 aromatic heterocycles. The second kappa shape index (κ2) is 10.2. The number of ether oxygens (including phenoxy) is 1. The summed E-state index contributed by atoms with van der Waals surface area (Å²) in [5.74, 6) is -6.03. The van der Waals surface area contributed by atoms with Gasteiger partial charge in [0.25, 0.3) is 0 Å². The normalized spacial score (nSPS) is 16.6. The second-order valence-corrected chi connectivity index (χ2v) is 6.79. The van der Waals surface area contributed by atoms with Crippen LogP contribution in [0.2, 0.25) is 0 Å². The van der Waals surface area contributed by atoms with Crippen LogP contribution in [0.3, 0.4) is 0 Å². The number of carbonyl (C=O) groups is 3. The number of nitrogens with one attached hydrogen (secondary N) is 1. The Morgan fingerprint density at radius 1 is 1.17 bits per heavy atom. The fourth-order valence-corrected chi connectivity index (χ4v) is 3.15. The number of rotatable bonds is 7. The molecule has 1 saturated heterocycles. The molecule has 1 N–H and O–H groups in total. The van der Waals surface area contributed by atoms with Crippen LogP contribution in [0.15, 0.2) is 12.1 Å². The first-order chi connectivity index (χ1) is 13.7. The van der Waals surface area contributed by atoms with E-state index in [4.69, 9.17) is 4.74 Å². The number of nitrogens with zero attached hydrogens (tertiary/aromatic N) is 2. The van der Waals surface area contributed by atoms with Gasteiger partial charge in [0.05, 0.1) is 25.4 Å². The van der Waals surface area contributed by atoms with Crippen molar-refractivity contribution in [2.75, 3.05) is 38.6 Å². The minimum absolute atomic E-state index is 0.149. The highest BCUT2D eigenvalue weighted by atomic mass is 19.2. The topological polar surface area (TPSA) is 79.0 Å². The maximum Gasteiger partial charge on any atom is 0.328 e. The van der Waals surface area contributed by atoms with Crippen LogP contribution < -0.4 is 5.32 Å². The lowest BCUT2D eigenvalue weighted by atomic mass is 10.0. The lowest BCUT2D eigenvalue weighted by molar-refractivity contribution is -0.157. The molecular formula is C19H24F3N3O4. The van der Waals surface area contributed by atoms with Crippen molar-refractivity contribution in [2.45, 2.75) is 32.2 Å². The van der Waals surface area contributed by atoms with Crippen LogP contribution in [0, 0.1) is 17.5 Å². The Morgan fingerprint density at radius 2 is 1.90 bits per heavy atom.